The zero-order valence-corrected chi connectivity index (χ0v) is 14.4. The van der Waals surface area contributed by atoms with Gasteiger partial charge in [0.2, 0.25) is 10.0 Å². The van der Waals surface area contributed by atoms with E-state index in [4.69, 9.17) is 4.74 Å². The normalized spacial score (nSPS) is 18.0. The molecule has 1 atom stereocenters. The summed E-state index contributed by atoms with van der Waals surface area (Å²) in [6.07, 6.45) is 2.77. The molecule has 24 heavy (non-hydrogen) atoms. The zero-order valence-electron chi connectivity index (χ0n) is 13.6. The van der Waals surface area contributed by atoms with Gasteiger partial charge in [-0.15, -0.1) is 0 Å². The highest BCUT2D eigenvalue weighted by Gasteiger charge is 2.29. The average molecular weight is 352 g/mol. The van der Waals surface area contributed by atoms with Crippen molar-refractivity contribution in [2.45, 2.75) is 38.3 Å². The van der Waals surface area contributed by atoms with Gasteiger partial charge in [-0.05, 0) is 49.9 Å². The van der Waals surface area contributed by atoms with E-state index >= 15 is 0 Å². The molecule has 0 unspecified atom stereocenters. The quantitative estimate of drug-likeness (QED) is 0.793. The van der Waals surface area contributed by atoms with Crippen LogP contribution in [0.2, 0.25) is 0 Å². The van der Waals surface area contributed by atoms with Crippen LogP contribution < -0.4 is 9.62 Å². The maximum Gasteiger partial charge on any atom is 0.338 e. The van der Waals surface area contributed by atoms with Gasteiger partial charge in [-0.2, -0.15) is 0 Å². The molecule has 0 spiro atoms. The highest BCUT2D eigenvalue weighted by Crippen LogP contribution is 2.31. The summed E-state index contributed by atoms with van der Waals surface area (Å²) in [6, 6.07) is 4.97. The summed E-state index contributed by atoms with van der Waals surface area (Å²) in [4.78, 5) is 24.0. The molecular formula is C16H20N2O5S. The molecule has 1 aromatic carbocycles. The number of rotatable bonds is 5. The number of carbonyl (C=O) groups is 2. The number of carbonyl (C=O) groups excluding carboxylic acids is 2. The molecule has 1 aliphatic heterocycles. The molecule has 1 N–H and O–H groups in total. The molecule has 0 bridgehead atoms. The molecule has 0 aromatic heterocycles. The Hall–Kier alpha value is -2.09. The molecule has 2 aliphatic rings. The lowest BCUT2D eigenvalue weighted by atomic mass is 10.1. The fourth-order valence-electron chi connectivity index (χ4n) is 2.67. The maximum atomic E-state index is 12.2. The lowest BCUT2D eigenvalue weighted by molar-refractivity contribution is -0.129. The Bertz CT molecular complexity index is 786. The van der Waals surface area contributed by atoms with Gasteiger partial charge in [0.25, 0.3) is 5.91 Å². The molecule has 130 valence electrons. The van der Waals surface area contributed by atoms with Gasteiger partial charge in [0.05, 0.1) is 17.5 Å². The van der Waals surface area contributed by atoms with Crippen molar-refractivity contribution in [1.82, 2.24) is 5.32 Å². The second kappa shape index (κ2) is 6.08. The molecule has 0 saturated heterocycles. The number of sulfonamides is 1. The third kappa shape index (κ3) is 3.53. The topological polar surface area (TPSA) is 92.8 Å². The summed E-state index contributed by atoms with van der Waals surface area (Å²) < 4.78 is 30.0. The van der Waals surface area contributed by atoms with E-state index in [1.807, 2.05) is 0 Å². The summed E-state index contributed by atoms with van der Waals surface area (Å²) in [5.41, 5.74) is 1.69. The minimum Gasteiger partial charge on any atom is -0.449 e. The van der Waals surface area contributed by atoms with Crippen molar-refractivity contribution in [1.29, 1.82) is 0 Å². The van der Waals surface area contributed by atoms with Gasteiger partial charge >= 0.3 is 5.97 Å². The Morgan fingerprint density at radius 1 is 1.33 bits per heavy atom. The summed E-state index contributed by atoms with van der Waals surface area (Å²) in [5, 5.41) is 2.79. The minimum atomic E-state index is -3.32. The van der Waals surface area contributed by atoms with Crippen LogP contribution >= 0.6 is 0 Å². The fraction of sp³-hybridized carbons (Fsp3) is 0.500. The predicted octanol–water partition coefficient (Wildman–Crippen LogP) is 0.833. The zero-order chi connectivity index (χ0) is 17.5. The summed E-state index contributed by atoms with van der Waals surface area (Å²) in [5.74, 6) is -0.885. The third-order valence-electron chi connectivity index (χ3n) is 4.15. The van der Waals surface area contributed by atoms with E-state index < -0.39 is 22.1 Å². The number of esters is 1. The molecule has 1 aromatic rings. The first-order valence-electron chi connectivity index (χ1n) is 7.87. The number of anilines is 1. The van der Waals surface area contributed by atoms with Gasteiger partial charge < -0.3 is 10.1 Å². The van der Waals surface area contributed by atoms with Gasteiger partial charge in [-0.1, -0.05) is 0 Å². The number of nitrogens with one attached hydrogen (secondary N) is 1. The Morgan fingerprint density at radius 2 is 2.04 bits per heavy atom. The molecule has 8 heteroatoms. The third-order valence-corrected chi connectivity index (χ3v) is 5.33. The highest BCUT2D eigenvalue weighted by molar-refractivity contribution is 7.92. The van der Waals surface area contributed by atoms with Gasteiger partial charge in [-0.25, -0.2) is 13.2 Å². The number of nitrogens with zero attached hydrogens (tertiary/aromatic N) is 1. The molecular weight excluding hydrogens is 332 g/mol. The number of hydrogen-bond donors (Lipinski definition) is 1. The van der Waals surface area contributed by atoms with Crippen molar-refractivity contribution < 1.29 is 22.7 Å². The van der Waals surface area contributed by atoms with Crippen LogP contribution in [0.5, 0.6) is 0 Å². The number of amides is 1. The number of hydrogen-bond acceptors (Lipinski definition) is 5. The molecule has 1 saturated carbocycles. The van der Waals surface area contributed by atoms with E-state index in [1.54, 1.807) is 12.1 Å². The number of ether oxygens (including phenoxy) is 1. The Kier molecular flexibility index (Phi) is 4.25. The highest BCUT2D eigenvalue weighted by atomic mass is 32.2. The van der Waals surface area contributed by atoms with Crippen LogP contribution in [0.4, 0.5) is 5.69 Å². The molecule has 3 rings (SSSR count). The van der Waals surface area contributed by atoms with Crippen LogP contribution in [-0.4, -0.2) is 45.2 Å². The van der Waals surface area contributed by atoms with E-state index in [-0.39, 0.29) is 11.9 Å². The minimum absolute atomic E-state index is 0.209. The summed E-state index contributed by atoms with van der Waals surface area (Å²) in [7, 11) is -3.32. The monoisotopic (exact) mass is 352 g/mol. The van der Waals surface area contributed by atoms with Crippen molar-refractivity contribution in [2.75, 3.05) is 17.1 Å². The molecule has 7 nitrogen and oxygen atoms in total. The Labute approximate surface area is 141 Å². The fourth-order valence-corrected chi connectivity index (χ4v) is 3.63. The lowest BCUT2D eigenvalue weighted by Gasteiger charge is -2.17. The van der Waals surface area contributed by atoms with E-state index in [1.165, 1.54) is 17.3 Å². The van der Waals surface area contributed by atoms with Crippen molar-refractivity contribution in [3.05, 3.63) is 29.3 Å². The first kappa shape index (κ1) is 16.8. The molecule has 1 amide bonds. The Morgan fingerprint density at radius 3 is 2.67 bits per heavy atom. The summed E-state index contributed by atoms with van der Waals surface area (Å²) in [6.45, 7) is 1.90. The van der Waals surface area contributed by atoms with Crippen LogP contribution in [0.15, 0.2) is 18.2 Å². The number of fused-ring (bicyclic) bond motifs is 1. The van der Waals surface area contributed by atoms with E-state index in [9.17, 15) is 18.0 Å². The number of benzene rings is 1. The van der Waals surface area contributed by atoms with Crippen molar-refractivity contribution >= 4 is 27.6 Å². The van der Waals surface area contributed by atoms with Gasteiger partial charge in [0.15, 0.2) is 6.10 Å². The van der Waals surface area contributed by atoms with Crippen molar-refractivity contribution in [2.24, 2.45) is 0 Å². The van der Waals surface area contributed by atoms with Crippen LogP contribution in [0, 0.1) is 0 Å². The second-order valence-corrected chi connectivity index (χ2v) is 8.17. The van der Waals surface area contributed by atoms with Crippen molar-refractivity contribution in [3.8, 4) is 0 Å². The molecule has 1 heterocycles. The Balaban J connectivity index is 1.69. The SMILES string of the molecule is C[C@@H](OC(=O)c1ccc2c(c1)CCN2S(C)(=O)=O)C(=O)NC1CC1. The molecule has 0 radical (unpaired) electrons. The van der Waals surface area contributed by atoms with E-state index in [0.717, 1.165) is 24.7 Å². The molecule has 1 fully saturated rings. The predicted molar refractivity (Wildman–Crippen MR) is 88.4 cm³/mol. The van der Waals surface area contributed by atoms with Gasteiger partial charge in [0.1, 0.15) is 0 Å². The second-order valence-electron chi connectivity index (χ2n) is 6.26. The maximum absolute atomic E-state index is 12.2. The van der Waals surface area contributed by atoms with Gasteiger partial charge in [-0.3, -0.25) is 9.10 Å². The van der Waals surface area contributed by atoms with Gasteiger partial charge in [0, 0.05) is 12.6 Å². The first-order chi connectivity index (χ1) is 11.3. The van der Waals surface area contributed by atoms with Crippen LogP contribution in [0.1, 0.15) is 35.7 Å². The standard InChI is InChI=1S/C16H20N2O5S/c1-10(15(19)17-13-4-5-13)23-16(20)12-3-6-14-11(9-12)7-8-18(14)24(2,21)22/h3,6,9-10,13H,4-5,7-8H2,1-2H3,(H,17,19)/t10-/m1/s1. The smallest absolute Gasteiger partial charge is 0.338 e. The molecule has 1 aliphatic carbocycles. The largest absolute Gasteiger partial charge is 0.449 e. The van der Waals surface area contributed by atoms with Crippen molar-refractivity contribution in [3.63, 3.8) is 0 Å². The average Bonchev–Trinajstić information content (AvgIpc) is 3.20. The van der Waals surface area contributed by atoms with Crippen LogP contribution in [0.3, 0.4) is 0 Å². The first-order valence-corrected chi connectivity index (χ1v) is 9.72. The van der Waals surface area contributed by atoms with E-state index in [0.29, 0.717) is 24.2 Å². The van der Waals surface area contributed by atoms with Crippen LogP contribution in [-0.2, 0) is 26.0 Å². The van der Waals surface area contributed by atoms with E-state index in [2.05, 4.69) is 5.32 Å². The lowest BCUT2D eigenvalue weighted by Crippen LogP contribution is -2.37. The van der Waals surface area contributed by atoms with Crippen LogP contribution in [0.25, 0.3) is 0 Å². The summed E-state index contributed by atoms with van der Waals surface area (Å²) >= 11 is 0.